The lowest BCUT2D eigenvalue weighted by molar-refractivity contribution is 0.0600. The Labute approximate surface area is 179 Å². The number of rotatable bonds is 5. The van der Waals surface area contributed by atoms with Gasteiger partial charge in [0, 0.05) is 17.9 Å². The van der Waals surface area contributed by atoms with Crippen molar-refractivity contribution in [2.24, 2.45) is 5.92 Å². The fraction of sp³-hybridized carbons (Fsp3) is 0.296. The van der Waals surface area contributed by atoms with E-state index in [0.717, 1.165) is 25.8 Å². The van der Waals surface area contributed by atoms with Crippen LogP contribution in [-0.4, -0.2) is 13.1 Å². The second-order valence-electron chi connectivity index (χ2n) is 8.47. The number of fused-ring (bicyclic) bond motifs is 2. The smallest absolute Gasteiger partial charge is 0.337 e. The Morgan fingerprint density at radius 3 is 2.23 bits per heavy atom. The van der Waals surface area contributed by atoms with Crippen molar-refractivity contribution in [3.63, 3.8) is 0 Å². The van der Waals surface area contributed by atoms with Gasteiger partial charge < -0.3 is 9.64 Å². The fourth-order valence-electron chi connectivity index (χ4n) is 4.33. The van der Waals surface area contributed by atoms with Crippen LogP contribution in [0.4, 0.5) is 11.4 Å². The van der Waals surface area contributed by atoms with Gasteiger partial charge >= 0.3 is 5.97 Å². The Balaban J connectivity index is 1.79. The molecule has 0 aliphatic carbocycles. The number of hydrogen-bond donors (Lipinski definition) is 0. The summed E-state index contributed by atoms with van der Waals surface area (Å²) in [4.78, 5) is 14.5. The van der Waals surface area contributed by atoms with Crippen molar-refractivity contribution in [1.82, 2.24) is 0 Å². The molecule has 0 amide bonds. The number of benzene rings is 3. The number of esters is 1. The van der Waals surface area contributed by atoms with E-state index >= 15 is 0 Å². The summed E-state index contributed by atoms with van der Waals surface area (Å²) >= 11 is 0. The summed E-state index contributed by atoms with van der Waals surface area (Å²) < 4.78 is 4.94. The number of ether oxygens (including phenoxy) is 1. The number of methoxy groups -OCH3 is 1. The van der Waals surface area contributed by atoms with Crippen LogP contribution in [0.2, 0.25) is 0 Å². The van der Waals surface area contributed by atoms with Gasteiger partial charge in [0.15, 0.2) is 0 Å². The highest BCUT2D eigenvalue weighted by Crippen LogP contribution is 2.38. The predicted molar refractivity (Wildman–Crippen MR) is 122 cm³/mol. The highest BCUT2D eigenvalue weighted by Gasteiger charge is 2.22. The molecular weight excluding hydrogens is 370 g/mol. The molecule has 0 N–H and O–H groups in total. The first-order valence-corrected chi connectivity index (χ1v) is 10.7. The zero-order valence-corrected chi connectivity index (χ0v) is 18.0. The van der Waals surface area contributed by atoms with E-state index in [2.05, 4.69) is 73.3 Å². The number of anilines is 2. The Kier molecular flexibility index (Phi) is 5.89. The Morgan fingerprint density at radius 2 is 1.57 bits per heavy atom. The summed E-state index contributed by atoms with van der Waals surface area (Å²) in [6.07, 6.45) is 2.96. The molecule has 0 saturated heterocycles. The number of carbonyl (C=O) groups is 1. The normalized spacial score (nSPS) is 12.9. The molecule has 0 spiro atoms. The molecule has 0 bridgehead atoms. The van der Waals surface area contributed by atoms with Gasteiger partial charge in [-0.25, -0.2) is 4.79 Å². The minimum absolute atomic E-state index is 0.284. The SMILES string of the molecule is COC(=O)c1ccc2c(c1)CCc1cc(CC(C)C)ccc1N2Cc1ccccc1. The summed E-state index contributed by atoms with van der Waals surface area (Å²) in [6, 6.07) is 23.4. The molecule has 4 rings (SSSR count). The van der Waals surface area contributed by atoms with Crippen LogP contribution < -0.4 is 4.90 Å². The van der Waals surface area contributed by atoms with Crippen molar-refractivity contribution >= 4 is 17.3 Å². The molecule has 0 fully saturated rings. The van der Waals surface area contributed by atoms with Crippen molar-refractivity contribution < 1.29 is 9.53 Å². The maximum absolute atomic E-state index is 12.1. The van der Waals surface area contributed by atoms with E-state index < -0.39 is 0 Å². The largest absolute Gasteiger partial charge is 0.465 e. The molecule has 0 radical (unpaired) electrons. The van der Waals surface area contributed by atoms with Crippen molar-refractivity contribution in [3.05, 3.63) is 94.5 Å². The average Bonchev–Trinajstić information content (AvgIpc) is 2.90. The molecular formula is C27H29NO2. The van der Waals surface area contributed by atoms with E-state index in [9.17, 15) is 4.79 Å². The minimum Gasteiger partial charge on any atom is -0.465 e. The van der Waals surface area contributed by atoms with Crippen molar-refractivity contribution in [1.29, 1.82) is 0 Å². The van der Waals surface area contributed by atoms with Gasteiger partial charge in [0.2, 0.25) is 0 Å². The van der Waals surface area contributed by atoms with Crippen LogP contribution >= 0.6 is 0 Å². The van der Waals surface area contributed by atoms with Crippen LogP contribution in [0.25, 0.3) is 0 Å². The quantitative estimate of drug-likeness (QED) is 0.485. The maximum atomic E-state index is 12.1. The van der Waals surface area contributed by atoms with Gasteiger partial charge in [0.25, 0.3) is 0 Å². The molecule has 3 nitrogen and oxygen atoms in total. The van der Waals surface area contributed by atoms with Crippen LogP contribution in [0, 0.1) is 5.92 Å². The summed E-state index contributed by atoms with van der Waals surface area (Å²) in [5.74, 6) is 0.349. The van der Waals surface area contributed by atoms with Gasteiger partial charge in [0.1, 0.15) is 0 Å². The monoisotopic (exact) mass is 399 g/mol. The van der Waals surface area contributed by atoms with Crippen LogP contribution in [0.15, 0.2) is 66.7 Å². The first-order valence-electron chi connectivity index (χ1n) is 10.7. The first kappa shape index (κ1) is 20.2. The molecule has 0 atom stereocenters. The lowest BCUT2D eigenvalue weighted by Crippen LogP contribution is -2.18. The number of hydrogen-bond acceptors (Lipinski definition) is 3. The van der Waals surface area contributed by atoms with E-state index in [1.807, 2.05) is 12.1 Å². The molecule has 0 aromatic heterocycles. The van der Waals surface area contributed by atoms with Crippen LogP contribution in [-0.2, 0) is 30.5 Å². The predicted octanol–water partition coefficient (Wildman–Crippen LogP) is 6.11. The second kappa shape index (κ2) is 8.74. The summed E-state index contributed by atoms with van der Waals surface area (Å²) in [7, 11) is 1.43. The fourth-order valence-corrected chi connectivity index (χ4v) is 4.33. The molecule has 154 valence electrons. The van der Waals surface area contributed by atoms with Crippen molar-refractivity contribution in [3.8, 4) is 0 Å². The van der Waals surface area contributed by atoms with Crippen LogP contribution in [0.1, 0.15) is 46.5 Å². The number of carbonyl (C=O) groups excluding carboxylic acids is 1. The third-order valence-electron chi connectivity index (χ3n) is 5.72. The van der Waals surface area contributed by atoms with Crippen LogP contribution in [0.5, 0.6) is 0 Å². The molecule has 1 aliphatic rings. The maximum Gasteiger partial charge on any atom is 0.337 e. The molecule has 30 heavy (non-hydrogen) atoms. The van der Waals surface area contributed by atoms with E-state index in [0.29, 0.717) is 11.5 Å². The number of nitrogens with zero attached hydrogens (tertiary/aromatic N) is 1. The Hall–Kier alpha value is -3.07. The lowest BCUT2D eigenvalue weighted by Gasteiger charge is -2.28. The second-order valence-corrected chi connectivity index (χ2v) is 8.47. The van der Waals surface area contributed by atoms with Gasteiger partial charge in [-0.15, -0.1) is 0 Å². The van der Waals surface area contributed by atoms with Gasteiger partial charge in [-0.1, -0.05) is 56.3 Å². The van der Waals surface area contributed by atoms with Crippen molar-refractivity contribution in [2.75, 3.05) is 12.0 Å². The third-order valence-corrected chi connectivity index (χ3v) is 5.72. The zero-order chi connectivity index (χ0) is 21.1. The molecule has 3 heteroatoms. The first-order chi connectivity index (χ1) is 14.5. The number of aryl methyl sites for hydroxylation is 2. The highest BCUT2D eigenvalue weighted by molar-refractivity contribution is 5.90. The lowest BCUT2D eigenvalue weighted by atomic mass is 9.97. The summed E-state index contributed by atoms with van der Waals surface area (Å²) in [5.41, 5.74) is 8.26. The van der Waals surface area contributed by atoms with E-state index in [1.165, 1.54) is 40.7 Å². The molecule has 1 aliphatic heterocycles. The molecule has 3 aromatic rings. The van der Waals surface area contributed by atoms with Crippen LogP contribution in [0.3, 0.4) is 0 Å². The van der Waals surface area contributed by atoms with E-state index in [4.69, 9.17) is 4.74 Å². The Bertz CT molecular complexity index is 1040. The van der Waals surface area contributed by atoms with Gasteiger partial charge in [-0.2, -0.15) is 0 Å². The van der Waals surface area contributed by atoms with E-state index in [1.54, 1.807) is 0 Å². The molecule has 0 saturated carbocycles. The minimum atomic E-state index is -0.284. The van der Waals surface area contributed by atoms with Gasteiger partial charge in [-0.05, 0) is 71.7 Å². The Morgan fingerprint density at radius 1 is 0.900 bits per heavy atom. The third kappa shape index (κ3) is 4.25. The summed E-state index contributed by atoms with van der Waals surface area (Å²) in [5, 5.41) is 0. The average molecular weight is 400 g/mol. The zero-order valence-electron chi connectivity index (χ0n) is 18.0. The van der Waals surface area contributed by atoms with Gasteiger partial charge in [-0.3, -0.25) is 0 Å². The topological polar surface area (TPSA) is 29.5 Å². The van der Waals surface area contributed by atoms with Crippen molar-refractivity contribution in [2.45, 2.75) is 39.7 Å². The van der Waals surface area contributed by atoms with Gasteiger partial charge in [0.05, 0.1) is 12.7 Å². The van der Waals surface area contributed by atoms with E-state index in [-0.39, 0.29) is 5.97 Å². The summed E-state index contributed by atoms with van der Waals surface area (Å²) in [6.45, 7) is 5.32. The molecule has 0 unspecified atom stereocenters. The molecule has 3 aromatic carbocycles. The highest BCUT2D eigenvalue weighted by atomic mass is 16.5. The standard InChI is InChI=1S/C27H29NO2/c1-19(2)15-21-9-13-25-22(16-21)10-11-23-17-24(27(29)30-3)12-14-26(23)28(25)18-20-7-5-4-6-8-20/h4-9,12-14,16-17,19H,10-11,15,18H2,1-3H3. The molecule has 1 heterocycles.